The van der Waals surface area contributed by atoms with E-state index in [4.69, 9.17) is 0 Å². The summed E-state index contributed by atoms with van der Waals surface area (Å²) in [5.74, 6) is 0.473. The van der Waals surface area contributed by atoms with Gasteiger partial charge in [-0.05, 0) is 18.7 Å². The fraction of sp³-hybridized carbons (Fsp3) is 0.385. The molecule has 0 fully saturated rings. The van der Waals surface area contributed by atoms with Gasteiger partial charge in [-0.25, -0.2) is 9.67 Å². The lowest BCUT2D eigenvalue weighted by Gasteiger charge is -2.09. The Morgan fingerprint density at radius 1 is 1.43 bits per heavy atom. The molecule has 8 nitrogen and oxygen atoms in total. The van der Waals surface area contributed by atoms with Gasteiger partial charge < -0.3 is 10.4 Å². The summed E-state index contributed by atoms with van der Waals surface area (Å²) in [5.41, 5.74) is 0.722. The minimum atomic E-state index is -0.545. The molecule has 21 heavy (non-hydrogen) atoms. The second-order valence-electron chi connectivity index (χ2n) is 4.56. The van der Waals surface area contributed by atoms with Crippen LogP contribution in [0, 0.1) is 10.1 Å². The van der Waals surface area contributed by atoms with Gasteiger partial charge in [0.2, 0.25) is 0 Å². The van der Waals surface area contributed by atoms with E-state index in [1.165, 1.54) is 18.5 Å². The Balaban J connectivity index is 2.03. The van der Waals surface area contributed by atoms with Gasteiger partial charge in [0.1, 0.15) is 6.33 Å². The predicted molar refractivity (Wildman–Crippen MR) is 76.7 cm³/mol. The summed E-state index contributed by atoms with van der Waals surface area (Å²) in [6.45, 7) is 3.59. The molecule has 2 N–H and O–H groups in total. The Hall–Kier alpha value is -2.32. The van der Waals surface area contributed by atoms with E-state index in [1.54, 1.807) is 16.8 Å². The van der Waals surface area contributed by atoms with Gasteiger partial charge in [-0.3, -0.25) is 10.1 Å². The maximum atomic E-state index is 10.6. The number of aromatic nitrogens is 3. The fourth-order valence-electron chi connectivity index (χ4n) is 1.84. The van der Waals surface area contributed by atoms with E-state index in [0.717, 1.165) is 6.54 Å². The van der Waals surface area contributed by atoms with Gasteiger partial charge in [0, 0.05) is 24.2 Å². The van der Waals surface area contributed by atoms with Crippen LogP contribution >= 0.6 is 0 Å². The van der Waals surface area contributed by atoms with E-state index in [-0.39, 0.29) is 5.69 Å². The first kappa shape index (κ1) is 15.1. The highest BCUT2D eigenvalue weighted by atomic mass is 16.6. The summed E-state index contributed by atoms with van der Waals surface area (Å²) in [4.78, 5) is 14.3. The van der Waals surface area contributed by atoms with Crippen LogP contribution in [0.5, 0.6) is 0 Å². The third kappa shape index (κ3) is 4.07. The highest BCUT2D eigenvalue weighted by Gasteiger charge is 2.10. The molecule has 1 unspecified atom stereocenters. The Labute approximate surface area is 121 Å². The Bertz CT molecular complexity index is 596. The van der Waals surface area contributed by atoms with E-state index >= 15 is 0 Å². The molecule has 112 valence electrons. The van der Waals surface area contributed by atoms with Gasteiger partial charge in [0.25, 0.3) is 5.69 Å². The molecule has 0 radical (unpaired) electrons. The first-order chi connectivity index (χ1) is 10.1. The number of non-ortho nitro benzene ring substituents is 1. The second-order valence-corrected chi connectivity index (χ2v) is 4.56. The van der Waals surface area contributed by atoms with Gasteiger partial charge in [0.05, 0.1) is 17.6 Å². The molecule has 0 aliphatic rings. The molecule has 2 aromatic rings. The summed E-state index contributed by atoms with van der Waals surface area (Å²) in [7, 11) is 0. The molecule has 8 heteroatoms. The number of aliphatic hydroxyl groups is 1. The van der Waals surface area contributed by atoms with Gasteiger partial charge in [-0.1, -0.05) is 6.92 Å². The lowest BCUT2D eigenvalue weighted by atomic mass is 10.2. The summed E-state index contributed by atoms with van der Waals surface area (Å²) < 4.78 is 1.55. The van der Waals surface area contributed by atoms with Crippen molar-refractivity contribution >= 4 is 5.69 Å². The molecule has 0 saturated heterocycles. The van der Waals surface area contributed by atoms with E-state index in [9.17, 15) is 15.2 Å². The number of nitrogens with zero attached hydrogens (tertiary/aromatic N) is 4. The maximum absolute atomic E-state index is 10.6. The van der Waals surface area contributed by atoms with Gasteiger partial charge >= 0.3 is 0 Å². The second kappa shape index (κ2) is 6.91. The smallest absolute Gasteiger partial charge is 0.269 e. The van der Waals surface area contributed by atoms with Crippen molar-refractivity contribution < 1.29 is 10.0 Å². The molecule has 2 rings (SSSR count). The number of nitro benzene ring substituents is 1. The molecule has 0 aliphatic carbocycles. The number of benzene rings is 1. The van der Waals surface area contributed by atoms with Crippen LogP contribution in [0.25, 0.3) is 11.4 Å². The van der Waals surface area contributed by atoms with Crippen molar-refractivity contribution in [3.8, 4) is 11.4 Å². The van der Waals surface area contributed by atoms with Gasteiger partial charge in [-0.15, -0.1) is 0 Å². The van der Waals surface area contributed by atoms with E-state index in [2.05, 4.69) is 15.4 Å². The van der Waals surface area contributed by atoms with Gasteiger partial charge in [0.15, 0.2) is 5.82 Å². The van der Waals surface area contributed by atoms with Crippen molar-refractivity contribution in [2.75, 3.05) is 13.1 Å². The third-order valence-corrected chi connectivity index (χ3v) is 2.90. The number of hydrogen-bond acceptors (Lipinski definition) is 6. The fourth-order valence-corrected chi connectivity index (χ4v) is 1.84. The van der Waals surface area contributed by atoms with E-state index in [1.807, 2.05) is 6.92 Å². The molecule has 1 aromatic carbocycles. The van der Waals surface area contributed by atoms with Crippen LogP contribution in [0.1, 0.15) is 6.92 Å². The van der Waals surface area contributed by atoms with Crippen LogP contribution in [0.4, 0.5) is 5.69 Å². The summed E-state index contributed by atoms with van der Waals surface area (Å²) >= 11 is 0. The molecule has 0 saturated carbocycles. The number of nitrogens with one attached hydrogen (secondary N) is 1. The summed E-state index contributed by atoms with van der Waals surface area (Å²) in [6, 6.07) is 6.03. The summed E-state index contributed by atoms with van der Waals surface area (Å²) in [5, 5.41) is 27.7. The van der Waals surface area contributed by atoms with Crippen LogP contribution in [0.3, 0.4) is 0 Å². The molecular weight excluding hydrogens is 274 g/mol. The first-order valence-electron chi connectivity index (χ1n) is 6.63. The van der Waals surface area contributed by atoms with Crippen LogP contribution in [-0.4, -0.2) is 44.0 Å². The largest absolute Gasteiger partial charge is 0.390 e. The molecule has 0 bridgehead atoms. The monoisotopic (exact) mass is 291 g/mol. The van der Waals surface area contributed by atoms with Crippen LogP contribution < -0.4 is 5.32 Å². The zero-order valence-corrected chi connectivity index (χ0v) is 11.6. The lowest BCUT2D eigenvalue weighted by Crippen LogP contribution is -2.30. The van der Waals surface area contributed by atoms with Crippen molar-refractivity contribution in [3.05, 3.63) is 40.7 Å². The molecule has 0 amide bonds. The zero-order valence-electron chi connectivity index (χ0n) is 11.6. The maximum Gasteiger partial charge on any atom is 0.269 e. The van der Waals surface area contributed by atoms with Crippen LogP contribution in [0.15, 0.2) is 30.6 Å². The SMILES string of the molecule is CCNCC(O)Cn1cnc(-c2ccc([N+](=O)[O-])cc2)n1. The number of aliphatic hydroxyl groups excluding tert-OH is 1. The van der Waals surface area contributed by atoms with Crippen molar-refractivity contribution in [3.63, 3.8) is 0 Å². The highest BCUT2D eigenvalue weighted by Crippen LogP contribution is 2.18. The standard InChI is InChI=1S/C13H17N5O3/c1-2-14-7-12(19)8-17-9-15-13(16-17)10-3-5-11(6-4-10)18(20)21/h3-6,9,12,14,19H,2,7-8H2,1H3. The zero-order chi connectivity index (χ0) is 15.2. The lowest BCUT2D eigenvalue weighted by molar-refractivity contribution is -0.384. The molecule has 0 aliphatic heterocycles. The van der Waals surface area contributed by atoms with Crippen molar-refractivity contribution in [2.45, 2.75) is 19.6 Å². The van der Waals surface area contributed by atoms with Crippen molar-refractivity contribution in [1.82, 2.24) is 20.1 Å². The highest BCUT2D eigenvalue weighted by molar-refractivity contribution is 5.56. The number of rotatable bonds is 7. The Morgan fingerprint density at radius 2 is 2.14 bits per heavy atom. The molecule has 1 atom stereocenters. The number of hydrogen-bond donors (Lipinski definition) is 2. The third-order valence-electron chi connectivity index (χ3n) is 2.90. The molecule has 0 spiro atoms. The van der Waals surface area contributed by atoms with Crippen LogP contribution in [0.2, 0.25) is 0 Å². The molecular formula is C13H17N5O3. The molecule has 1 heterocycles. The minimum Gasteiger partial charge on any atom is -0.390 e. The molecule has 1 aromatic heterocycles. The van der Waals surface area contributed by atoms with Crippen molar-refractivity contribution in [1.29, 1.82) is 0 Å². The topological polar surface area (TPSA) is 106 Å². The predicted octanol–water partition coefficient (Wildman–Crippen LogP) is 0.824. The van der Waals surface area contributed by atoms with E-state index < -0.39 is 11.0 Å². The van der Waals surface area contributed by atoms with Crippen molar-refractivity contribution in [2.24, 2.45) is 0 Å². The van der Waals surface area contributed by atoms with Crippen LogP contribution in [-0.2, 0) is 6.54 Å². The first-order valence-corrected chi connectivity index (χ1v) is 6.63. The number of likely N-dealkylation sites (N-methyl/N-ethyl adjacent to an activating group) is 1. The average molecular weight is 291 g/mol. The Kier molecular flexibility index (Phi) is 4.96. The number of nitro groups is 1. The summed E-state index contributed by atoms with van der Waals surface area (Å²) in [6.07, 6.45) is 0.989. The normalized spacial score (nSPS) is 12.3. The van der Waals surface area contributed by atoms with E-state index in [0.29, 0.717) is 24.5 Å². The quantitative estimate of drug-likeness (QED) is 0.578. The average Bonchev–Trinajstić information content (AvgIpc) is 2.93. The minimum absolute atomic E-state index is 0.0271. The Morgan fingerprint density at radius 3 is 2.76 bits per heavy atom. The van der Waals surface area contributed by atoms with Gasteiger partial charge in [-0.2, -0.15) is 5.10 Å².